The number of amides is 1. The van der Waals surface area contributed by atoms with Gasteiger partial charge in [-0.1, -0.05) is 17.7 Å². The molecule has 0 aromatic heterocycles. The summed E-state index contributed by atoms with van der Waals surface area (Å²) in [6, 6.07) is 18.4. The highest BCUT2D eigenvalue weighted by Crippen LogP contribution is 2.35. The van der Waals surface area contributed by atoms with E-state index in [1.54, 1.807) is 31.2 Å². The van der Waals surface area contributed by atoms with Gasteiger partial charge in [0, 0.05) is 6.07 Å². The number of methoxy groups -OCH3 is 2. The van der Waals surface area contributed by atoms with Crippen LogP contribution in [0.1, 0.15) is 25.0 Å². The number of anilines is 1. The van der Waals surface area contributed by atoms with Crippen LogP contribution in [0.4, 0.5) is 5.69 Å². The van der Waals surface area contributed by atoms with E-state index >= 15 is 0 Å². The molecule has 9 nitrogen and oxygen atoms in total. The molecule has 1 N–H and O–H groups in total. The fourth-order valence-electron chi connectivity index (χ4n) is 3.46. The molecule has 0 atom stereocenters. The lowest BCUT2D eigenvalue weighted by Gasteiger charge is -2.25. The molecule has 3 aromatic carbocycles. The second-order valence-corrected chi connectivity index (χ2v) is 9.91. The van der Waals surface area contributed by atoms with E-state index in [4.69, 9.17) is 14.2 Å². The number of carbonyl (C=O) groups is 1. The Morgan fingerprint density at radius 1 is 0.946 bits per heavy atom. The standard InChI is InChI=1S/C27H31N3O6S/c1-6-36-22-11-9-21(10-12-22)20(3)28-29-27(31)18-30(25-17-23(34-4)13-16-26(25)35-5)37(32,33)24-14-7-19(2)8-15-24/h7-17H,6,18H2,1-5H3,(H,29,31)/b28-20-. The number of aryl methyl sites for hydroxylation is 1. The van der Waals surface area contributed by atoms with Gasteiger partial charge in [0.15, 0.2) is 0 Å². The maximum Gasteiger partial charge on any atom is 0.264 e. The Hall–Kier alpha value is -4.05. The van der Waals surface area contributed by atoms with Crippen LogP contribution >= 0.6 is 0 Å². The van der Waals surface area contributed by atoms with E-state index in [2.05, 4.69) is 10.5 Å². The topological polar surface area (TPSA) is 107 Å². The fourth-order valence-corrected chi connectivity index (χ4v) is 4.89. The summed E-state index contributed by atoms with van der Waals surface area (Å²) >= 11 is 0. The Morgan fingerprint density at radius 3 is 2.19 bits per heavy atom. The predicted octanol–water partition coefficient (Wildman–Crippen LogP) is 4.15. The number of hydrogen-bond acceptors (Lipinski definition) is 7. The van der Waals surface area contributed by atoms with E-state index in [0.29, 0.717) is 18.1 Å². The number of benzene rings is 3. The van der Waals surface area contributed by atoms with Crippen molar-refractivity contribution in [2.45, 2.75) is 25.7 Å². The summed E-state index contributed by atoms with van der Waals surface area (Å²) in [5.41, 5.74) is 4.85. The third kappa shape index (κ3) is 6.79. The second kappa shape index (κ2) is 12.3. The Balaban J connectivity index is 1.92. The summed E-state index contributed by atoms with van der Waals surface area (Å²) in [7, 11) is -1.26. The molecule has 1 amide bonds. The van der Waals surface area contributed by atoms with Crippen molar-refractivity contribution in [2.75, 3.05) is 31.7 Å². The Labute approximate surface area is 217 Å². The number of ether oxygens (including phenoxy) is 3. The molecular weight excluding hydrogens is 494 g/mol. The third-order valence-corrected chi connectivity index (χ3v) is 7.26. The van der Waals surface area contributed by atoms with Gasteiger partial charge in [0.25, 0.3) is 15.9 Å². The largest absolute Gasteiger partial charge is 0.497 e. The van der Waals surface area contributed by atoms with Crippen LogP contribution in [0.25, 0.3) is 0 Å². The molecule has 0 unspecified atom stereocenters. The fraction of sp³-hybridized carbons (Fsp3) is 0.259. The predicted molar refractivity (Wildman–Crippen MR) is 143 cm³/mol. The van der Waals surface area contributed by atoms with Crippen LogP contribution in [0.3, 0.4) is 0 Å². The van der Waals surface area contributed by atoms with Crippen LogP contribution in [0, 0.1) is 6.92 Å². The summed E-state index contributed by atoms with van der Waals surface area (Å²) in [5, 5.41) is 4.16. The molecular formula is C27H31N3O6S. The Bertz CT molecular complexity index is 1350. The zero-order chi connectivity index (χ0) is 27.0. The first-order valence-electron chi connectivity index (χ1n) is 11.6. The minimum atomic E-state index is -4.15. The monoisotopic (exact) mass is 525 g/mol. The van der Waals surface area contributed by atoms with Crippen LogP contribution in [0.15, 0.2) is 76.7 Å². The van der Waals surface area contributed by atoms with Gasteiger partial charge in [0.2, 0.25) is 0 Å². The first-order valence-corrected chi connectivity index (χ1v) is 13.0. The number of hydrogen-bond donors (Lipinski definition) is 1. The summed E-state index contributed by atoms with van der Waals surface area (Å²) in [6.45, 7) is 5.52. The molecule has 0 radical (unpaired) electrons. The lowest BCUT2D eigenvalue weighted by molar-refractivity contribution is -0.119. The number of carbonyl (C=O) groups excluding carboxylic acids is 1. The molecule has 0 aliphatic carbocycles. The first-order chi connectivity index (χ1) is 17.7. The van der Waals surface area contributed by atoms with E-state index in [1.807, 2.05) is 38.1 Å². The lowest BCUT2D eigenvalue weighted by Crippen LogP contribution is -2.40. The SMILES string of the molecule is CCOc1ccc(/C(C)=N\NC(=O)CN(c2cc(OC)ccc2OC)S(=O)(=O)c2ccc(C)cc2)cc1. The summed E-state index contributed by atoms with van der Waals surface area (Å²) < 4.78 is 44.5. The highest BCUT2D eigenvalue weighted by atomic mass is 32.2. The number of rotatable bonds is 11. The van der Waals surface area contributed by atoms with Gasteiger partial charge >= 0.3 is 0 Å². The molecule has 10 heteroatoms. The lowest BCUT2D eigenvalue weighted by atomic mass is 10.1. The van der Waals surface area contributed by atoms with Gasteiger partial charge < -0.3 is 14.2 Å². The maximum atomic E-state index is 13.7. The van der Waals surface area contributed by atoms with Crippen LogP contribution in [0.5, 0.6) is 17.2 Å². The van der Waals surface area contributed by atoms with E-state index < -0.39 is 22.5 Å². The van der Waals surface area contributed by atoms with Crippen molar-refractivity contribution in [3.8, 4) is 17.2 Å². The molecule has 0 aliphatic rings. The van der Waals surface area contributed by atoms with E-state index in [1.165, 1.54) is 32.4 Å². The molecule has 0 aliphatic heterocycles. The van der Waals surface area contributed by atoms with E-state index in [9.17, 15) is 13.2 Å². The van der Waals surface area contributed by atoms with Gasteiger partial charge in [-0.2, -0.15) is 5.10 Å². The average Bonchev–Trinajstić information content (AvgIpc) is 2.90. The minimum Gasteiger partial charge on any atom is -0.497 e. The zero-order valence-corrected chi connectivity index (χ0v) is 22.3. The molecule has 0 saturated heterocycles. The second-order valence-electron chi connectivity index (χ2n) is 8.05. The van der Waals surface area contributed by atoms with Crippen molar-refractivity contribution in [3.63, 3.8) is 0 Å². The molecule has 0 heterocycles. The highest BCUT2D eigenvalue weighted by Gasteiger charge is 2.30. The zero-order valence-electron chi connectivity index (χ0n) is 21.5. The molecule has 0 bridgehead atoms. The molecule has 0 saturated carbocycles. The van der Waals surface area contributed by atoms with Gasteiger partial charge in [-0.15, -0.1) is 0 Å². The van der Waals surface area contributed by atoms with Crippen LogP contribution in [0.2, 0.25) is 0 Å². The molecule has 3 rings (SSSR count). The molecule has 0 fully saturated rings. The summed E-state index contributed by atoms with van der Waals surface area (Å²) in [4.78, 5) is 13.0. The van der Waals surface area contributed by atoms with Gasteiger partial charge in [0.1, 0.15) is 23.8 Å². The van der Waals surface area contributed by atoms with Gasteiger partial charge in [0.05, 0.1) is 37.1 Å². The molecule has 37 heavy (non-hydrogen) atoms. The summed E-state index contributed by atoms with van der Waals surface area (Å²) in [6.07, 6.45) is 0. The van der Waals surface area contributed by atoms with Crippen molar-refractivity contribution in [3.05, 3.63) is 77.9 Å². The highest BCUT2D eigenvalue weighted by molar-refractivity contribution is 7.92. The van der Waals surface area contributed by atoms with Gasteiger partial charge in [-0.3, -0.25) is 9.10 Å². The van der Waals surface area contributed by atoms with Crippen LogP contribution < -0.4 is 23.9 Å². The van der Waals surface area contributed by atoms with Crippen molar-refractivity contribution in [1.29, 1.82) is 0 Å². The smallest absolute Gasteiger partial charge is 0.264 e. The maximum absolute atomic E-state index is 13.7. The number of nitrogens with zero attached hydrogens (tertiary/aromatic N) is 2. The van der Waals surface area contributed by atoms with Crippen LogP contribution in [-0.2, 0) is 14.8 Å². The minimum absolute atomic E-state index is 0.0323. The van der Waals surface area contributed by atoms with Crippen LogP contribution in [-0.4, -0.2) is 47.4 Å². The number of nitrogens with one attached hydrogen (secondary N) is 1. The van der Waals surface area contributed by atoms with Crippen molar-refractivity contribution < 1.29 is 27.4 Å². The quantitative estimate of drug-likeness (QED) is 0.298. The Morgan fingerprint density at radius 2 is 1.59 bits per heavy atom. The number of sulfonamides is 1. The summed E-state index contributed by atoms with van der Waals surface area (Å²) in [5.74, 6) is 0.765. The normalized spacial score (nSPS) is 11.5. The third-order valence-electron chi connectivity index (χ3n) is 5.48. The average molecular weight is 526 g/mol. The Kier molecular flexibility index (Phi) is 9.13. The van der Waals surface area contributed by atoms with Crippen molar-refractivity contribution in [2.24, 2.45) is 5.10 Å². The molecule has 0 spiro atoms. The van der Waals surface area contributed by atoms with Gasteiger partial charge in [-0.05, 0) is 74.9 Å². The van der Waals surface area contributed by atoms with E-state index in [-0.39, 0.29) is 16.3 Å². The van der Waals surface area contributed by atoms with E-state index in [0.717, 1.165) is 21.2 Å². The molecule has 196 valence electrons. The van der Waals surface area contributed by atoms with Gasteiger partial charge in [-0.25, -0.2) is 13.8 Å². The van der Waals surface area contributed by atoms with Crippen molar-refractivity contribution in [1.82, 2.24) is 5.43 Å². The van der Waals surface area contributed by atoms with Crippen molar-refractivity contribution >= 4 is 27.3 Å². The number of hydrazone groups is 1. The molecule has 3 aromatic rings. The first kappa shape index (κ1) is 27.5.